The Bertz CT molecular complexity index is 1020. The summed E-state index contributed by atoms with van der Waals surface area (Å²) in [6, 6.07) is 2.99. The Balaban J connectivity index is 1.90. The lowest BCUT2D eigenvalue weighted by Crippen LogP contribution is -2.06. The molecule has 3 aromatic rings. The lowest BCUT2D eigenvalue weighted by molar-refractivity contribution is 0.0974. The number of carbonyl (C=O) groups is 1. The highest BCUT2D eigenvalue weighted by Gasteiger charge is 2.19. The highest BCUT2D eigenvalue weighted by atomic mass is 19.1. The third-order valence-corrected chi connectivity index (χ3v) is 4.24. The molecule has 8 nitrogen and oxygen atoms in total. The second kappa shape index (κ2) is 6.25. The fraction of sp³-hybridized carbons (Fsp3) is 0.294. The van der Waals surface area contributed by atoms with E-state index in [1.807, 2.05) is 0 Å². The number of nitrogens with one attached hydrogen (secondary N) is 2. The number of nitrogens with zero attached hydrogens (tertiary/aromatic N) is 4. The molecular weight excluding hydrogens is 339 g/mol. The van der Waals surface area contributed by atoms with Crippen LogP contribution >= 0.6 is 0 Å². The highest BCUT2D eigenvalue weighted by Crippen LogP contribution is 2.26. The van der Waals surface area contributed by atoms with E-state index in [2.05, 4.69) is 25.7 Å². The molecule has 0 saturated carbocycles. The Labute approximate surface area is 148 Å². The number of halogens is 1. The summed E-state index contributed by atoms with van der Waals surface area (Å²) >= 11 is 0. The summed E-state index contributed by atoms with van der Waals surface area (Å²) in [5, 5.41) is 10.2. The largest absolute Gasteiger partial charge is 0.477 e. The van der Waals surface area contributed by atoms with Gasteiger partial charge in [-0.25, -0.2) is 9.37 Å². The van der Waals surface area contributed by atoms with Gasteiger partial charge in [-0.1, -0.05) is 0 Å². The van der Waals surface area contributed by atoms with E-state index in [0.29, 0.717) is 34.8 Å². The molecule has 0 aromatic carbocycles. The van der Waals surface area contributed by atoms with Gasteiger partial charge in [0.25, 0.3) is 0 Å². The smallest absolute Gasteiger partial charge is 0.221 e. The van der Waals surface area contributed by atoms with Gasteiger partial charge in [-0.3, -0.25) is 4.79 Å². The van der Waals surface area contributed by atoms with Gasteiger partial charge in [-0.2, -0.15) is 14.6 Å². The first kappa shape index (κ1) is 16.2. The van der Waals surface area contributed by atoms with E-state index in [1.54, 1.807) is 24.6 Å². The predicted molar refractivity (Wildman–Crippen MR) is 93.8 cm³/mol. The van der Waals surface area contributed by atoms with Crippen LogP contribution in [-0.2, 0) is 0 Å². The van der Waals surface area contributed by atoms with Crippen LogP contribution in [0.15, 0.2) is 18.3 Å². The number of fused-ring (bicyclic) bond motifs is 3. The van der Waals surface area contributed by atoms with Crippen molar-refractivity contribution in [2.75, 3.05) is 24.3 Å². The molecule has 0 spiro atoms. The molecule has 4 rings (SSSR count). The standard InChI is InChI=1S/C17H17FN6O2/c1-9-11(18)6-13-21-14-7-15(19-2)24-16(22-14)10(8-20-24)12(25)4-3-5-26-17(9)23-13/h6-8,19H,3-5H2,1-2H3,(H,21,22,23). The van der Waals surface area contributed by atoms with E-state index in [1.165, 1.54) is 12.3 Å². The molecule has 0 unspecified atom stereocenters. The Morgan fingerprint density at radius 2 is 2.12 bits per heavy atom. The molecule has 9 heteroatoms. The zero-order chi connectivity index (χ0) is 18.3. The minimum Gasteiger partial charge on any atom is -0.477 e. The summed E-state index contributed by atoms with van der Waals surface area (Å²) < 4.78 is 21.4. The van der Waals surface area contributed by atoms with Gasteiger partial charge in [0.2, 0.25) is 5.88 Å². The van der Waals surface area contributed by atoms with Gasteiger partial charge in [0, 0.05) is 31.2 Å². The van der Waals surface area contributed by atoms with E-state index in [0.717, 1.165) is 0 Å². The first-order valence-electron chi connectivity index (χ1n) is 8.23. The number of rotatable bonds is 1. The average Bonchev–Trinajstić information content (AvgIpc) is 3.05. The summed E-state index contributed by atoms with van der Waals surface area (Å²) in [7, 11) is 1.74. The van der Waals surface area contributed by atoms with Crippen LogP contribution in [0, 0.1) is 12.7 Å². The molecular formula is C17H17FN6O2. The summed E-state index contributed by atoms with van der Waals surface area (Å²) in [5.41, 5.74) is 1.19. The second-order valence-electron chi connectivity index (χ2n) is 5.99. The second-order valence-corrected chi connectivity index (χ2v) is 5.99. The van der Waals surface area contributed by atoms with Crippen molar-refractivity contribution in [3.8, 4) is 5.88 Å². The third kappa shape index (κ3) is 2.71. The minimum absolute atomic E-state index is 0.0721. The number of anilines is 3. The number of carbonyl (C=O) groups excluding carboxylic acids is 1. The first-order chi connectivity index (χ1) is 12.6. The molecule has 26 heavy (non-hydrogen) atoms. The fourth-order valence-corrected chi connectivity index (χ4v) is 2.83. The Morgan fingerprint density at radius 1 is 1.31 bits per heavy atom. The van der Waals surface area contributed by atoms with E-state index >= 15 is 0 Å². The number of aromatic nitrogens is 4. The summed E-state index contributed by atoms with van der Waals surface area (Å²) in [5.74, 6) is 1.03. The van der Waals surface area contributed by atoms with Gasteiger partial charge in [-0.05, 0) is 13.3 Å². The highest BCUT2D eigenvalue weighted by molar-refractivity contribution is 6.01. The van der Waals surface area contributed by atoms with Crippen LogP contribution < -0.4 is 15.4 Å². The predicted octanol–water partition coefficient (Wildman–Crippen LogP) is 2.71. The quantitative estimate of drug-likeness (QED) is 0.692. The summed E-state index contributed by atoms with van der Waals surface area (Å²) in [6.45, 7) is 1.87. The topological polar surface area (TPSA) is 93.4 Å². The molecule has 0 aliphatic carbocycles. The van der Waals surface area contributed by atoms with E-state index in [9.17, 15) is 9.18 Å². The fourth-order valence-electron chi connectivity index (χ4n) is 2.83. The Hall–Kier alpha value is -3.23. The number of hydrogen-bond acceptors (Lipinski definition) is 7. The molecule has 0 fully saturated rings. The zero-order valence-corrected chi connectivity index (χ0v) is 14.3. The van der Waals surface area contributed by atoms with Crippen molar-refractivity contribution in [1.82, 2.24) is 19.6 Å². The van der Waals surface area contributed by atoms with Crippen LogP contribution in [-0.4, -0.2) is 39.0 Å². The lowest BCUT2D eigenvalue weighted by atomic mass is 10.1. The van der Waals surface area contributed by atoms with Gasteiger partial charge >= 0.3 is 0 Å². The molecule has 0 saturated heterocycles. The lowest BCUT2D eigenvalue weighted by Gasteiger charge is -2.12. The van der Waals surface area contributed by atoms with Crippen LogP contribution in [0.4, 0.5) is 21.8 Å². The number of ether oxygens (including phenoxy) is 1. The van der Waals surface area contributed by atoms with E-state index in [-0.39, 0.29) is 30.5 Å². The number of pyridine rings is 1. The van der Waals surface area contributed by atoms with Crippen molar-refractivity contribution in [2.24, 2.45) is 0 Å². The van der Waals surface area contributed by atoms with Crippen LogP contribution in [0.2, 0.25) is 0 Å². The van der Waals surface area contributed by atoms with Crippen molar-refractivity contribution < 1.29 is 13.9 Å². The zero-order valence-electron chi connectivity index (χ0n) is 14.3. The third-order valence-electron chi connectivity index (χ3n) is 4.24. The van der Waals surface area contributed by atoms with Gasteiger partial charge < -0.3 is 15.4 Å². The molecule has 4 heterocycles. The van der Waals surface area contributed by atoms with Crippen molar-refractivity contribution in [3.63, 3.8) is 0 Å². The maximum Gasteiger partial charge on any atom is 0.221 e. The monoisotopic (exact) mass is 356 g/mol. The van der Waals surface area contributed by atoms with Gasteiger partial charge in [0.1, 0.15) is 23.3 Å². The molecule has 2 N–H and O–H groups in total. The molecule has 4 bridgehead atoms. The van der Waals surface area contributed by atoms with Gasteiger partial charge in [0.15, 0.2) is 11.4 Å². The Kier molecular flexibility index (Phi) is 3.90. The summed E-state index contributed by atoms with van der Waals surface area (Å²) in [4.78, 5) is 21.3. The van der Waals surface area contributed by atoms with Crippen molar-refractivity contribution in [2.45, 2.75) is 19.8 Å². The number of ketones is 1. The van der Waals surface area contributed by atoms with Crippen LogP contribution in [0.1, 0.15) is 28.8 Å². The number of Topliss-reactive ketones (excluding diaryl/α,β-unsaturated/α-hetero) is 1. The number of hydrogen-bond donors (Lipinski definition) is 2. The van der Waals surface area contributed by atoms with Crippen LogP contribution in [0.25, 0.3) is 5.65 Å². The molecule has 1 aliphatic rings. The SMILES string of the molecule is CNc1cc2nc3c(cnn13)C(=O)CCCOc1nc(cc(F)c1C)N2. The molecule has 1 aliphatic heterocycles. The molecule has 3 aromatic heterocycles. The van der Waals surface area contributed by atoms with E-state index in [4.69, 9.17) is 4.74 Å². The maximum atomic E-state index is 14.2. The van der Waals surface area contributed by atoms with Crippen LogP contribution in [0.3, 0.4) is 0 Å². The minimum atomic E-state index is -0.427. The molecule has 134 valence electrons. The average molecular weight is 356 g/mol. The Morgan fingerprint density at radius 3 is 2.92 bits per heavy atom. The van der Waals surface area contributed by atoms with Crippen LogP contribution in [0.5, 0.6) is 5.88 Å². The van der Waals surface area contributed by atoms with Gasteiger partial charge in [-0.15, -0.1) is 0 Å². The molecule has 0 amide bonds. The van der Waals surface area contributed by atoms with Crippen molar-refractivity contribution in [3.05, 3.63) is 35.3 Å². The van der Waals surface area contributed by atoms with Crippen molar-refractivity contribution in [1.29, 1.82) is 0 Å². The van der Waals surface area contributed by atoms with E-state index < -0.39 is 5.82 Å². The molecule has 0 radical (unpaired) electrons. The molecule has 0 atom stereocenters. The van der Waals surface area contributed by atoms with Crippen molar-refractivity contribution >= 4 is 28.9 Å². The first-order valence-corrected chi connectivity index (χ1v) is 8.23. The normalized spacial score (nSPS) is 14.2. The maximum absolute atomic E-state index is 14.2. The summed E-state index contributed by atoms with van der Waals surface area (Å²) in [6.07, 6.45) is 2.27. The van der Waals surface area contributed by atoms with Gasteiger partial charge in [0.05, 0.1) is 18.4 Å².